The van der Waals surface area contributed by atoms with Crippen molar-refractivity contribution in [2.75, 3.05) is 4.90 Å². The third-order valence-corrected chi connectivity index (χ3v) is 8.40. The fourth-order valence-electron chi connectivity index (χ4n) is 5.17. The number of thioether (sulfide) groups is 1. The molecule has 158 valence electrons. The molecule has 1 atom stereocenters. The van der Waals surface area contributed by atoms with Crippen molar-refractivity contribution < 1.29 is 9.59 Å². The van der Waals surface area contributed by atoms with E-state index in [0.717, 1.165) is 32.4 Å². The number of rotatable bonds is 1. The highest BCUT2D eigenvalue weighted by atomic mass is 127. The van der Waals surface area contributed by atoms with Gasteiger partial charge in [-0.05, 0) is 78.3 Å². The SMILES string of the molecule is CC1(c2ccc(Cl)cc2)CC(C)(C)N2C(=O)C(=C3SC(=S)NC3=O)c3cc(I)cc1c32. The number of hydrogen-bond acceptors (Lipinski definition) is 4. The summed E-state index contributed by atoms with van der Waals surface area (Å²) in [5, 5.41) is 3.35. The molecule has 0 bridgehead atoms. The molecule has 2 aromatic carbocycles. The summed E-state index contributed by atoms with van der Waals surface area (Å²) in [6.45, 7) is 6.40. The zero-order valence-electron chi connectivity index (χ0n) is 17.0. The van der Waals surface area contributed by atoms with Crippen LogP contribution in [-0.4, -0.2) is 21.7 Å². The van der Waals surface area contributed by atoms with Crippen LogP contribution >= 0.6 is 58.2 Å². The van der Waals surface area contributed by atoms with E-state index in [-0.39, 0.29) is 17.2 Å². The molecule has 8 heteroatoms. The fourth-order valence-corrected chi connectivity index (χ4v) is 7.03. The van der Waals surface area contributed by atoms with Gasteiger partial charge in [0.2, 0.25) is 0 Å². The van der Waals surface area contributed by atoms with Gasteiger partial charge in [-0.15, -0.1) is 0 Å². The highest BCUT2D eigenvalue weighted by Gasteiger charge is 2.54. The molecule has 0 aliphatic carbocycles. The van der Waals surface area contributed by atoms with Crippen molar-refractivity contribution in [3.05, 3.63) is 66.6 Å². The van der Waals surface area contributed by atoms with Crippen LogP contribution in [0.4, 0.5) is 5.69 Å². The second-order valence-electron chi connectivity index (χ2n) is 8.87. The first-order valence-corrected chi connectivity index (χ1v) is 12.4. The van der Waals surface area contributed by atoms with Gasteiger partial charge in [-0.25, -0.2) is 0 Å². The number of carbonyl (C=O) groups is 2. The Morgan fingerprint density at radius 3 is 2.45 bits per heavy atom. The molecular formula is C23H18ClIN2O2S2. The van der Waals surface area contributed by atoms with Crippen molar-refractivity contribution in [1.29, 1.82) is 0 Å². The normalized spacial score (nSPS) is 26.4. The van der Waals surface area contributed by atoms with Crippen molar-refractivity contribution in [2.24, 2.45) is 0 Å². The maximum atomic E-state index is 13.7. The van der Waals surface area contributed by atoms with Crippen molar-refractivity contribution >= 4 is 85.6 Å². The van der Waals surface area contributed by atoms with E-state index < -0.39 is 5.54 Å². The van der Waals surface area contributed by atoms with Crippen LogP contribution in [-0.2, 0) is 15.0 Å². The van der Waals surface area contributed by atoms with Crippen LogP contribution < -0.4 is 10.2 Å². The predicted octanol–water partition coefficient (Wildman–Crippen LogP) is 5.64. The first-order chi connectivity index (χ1) is 14.5. The summed E-state index contributed by atoms with van der Waals surface area (Å²) < 4.78 is 1.40. The van der Waals surface area contributed by atoms with Gasteiger partial charge in [-0.3, -0.25) is 9.59 Å². The Balaban J connectivity index is 1.84. The molecule has 0 spiro atoms. The maximum Gasteiger partial charge on any atom is 0.264 e. The van der Waals surface area contributed by atoms with Crippen LogP contribution in [0, 0.1) is 3.57 Å². The van der Waals surface area contributed by atoms with Crippen molar-refractivity contribution in [3.63, 3.8) is 0 Å². The molecule has 1 fully saturated rings. The van der Waals surface area contributed by atoms with E-state index in [2.05, 4.69) is 66.9 Å². The van der Waals surface area contributed by atoms with E-state index in [0.29, 0.717) is 19.8 Å². The molecule has 3 aliphatic heterocycles. The predicted molar refractivity (Wildman–Crippen MR) is 138 cm³/mol. The Kier molecular flexibility index (Phi) is 4.86. The number of benzene rings is 2. The average molecular weight is 581 g/mol. The molecule has 0 aromatic heterocycles. The minimum Gasteiger partial charge on any atom is -0.307 e. The van der Waals surface area contributed by atoms with Gasteiger partial charge in [0.15, 0.2) is 0 Å². The number of carbonyl (C=O) groups excluding carboxylic acids is 2. The Morgan fingerprint density at radius 2 is 1.84 bits per heavy atom. The van der Waals surface area contributed by atoms with Gasteiger partial charge in [0, 0.05) is 25.1 Å². The minimum atomic E-state index is -0.456. The van der Waals surface area contributed by atoms with Gasteiger partial charge in [0.05, 0.1) is 16.2 Å². The van der Waals surface area contributed by atoms with Crippen LogP contribution in [0.5, 0.6) is 0 Å². The standard InChI is InChI=1S/C23H18ClIN2O2S2/c1-22(2)10-23(3,11-4-6-12(24)7-5-11)15-9-13(25)8-14-16(20(29)27(22)17(14)15)18-19(28)26-21(30)31-18/h4-9H,10H2,1-3H3,(H,26,28,30). The molecule has 4 nitrogen and oxygen atoms in total. The molecule has 5 rings (SSSR count). The lowest BCUT2D eigenvalue weighted by Gasteiger charge is -2.49. The second-order valence-corrected chi connectivity index (χ2v) is 12.2. The summed E-state index contributed by atoms with van der Waals surface area (Å²) in [5.74, 6) is -0.437. The van der Waals surface area contributed by atoms with E-state index in [1.807, 2.05) is 23.1 Å². The summed E-state index contributed by atoms with van der Waals surface area (Å²) in [4.78, 5) is 28.6. The molecular weight excluding hydrogens is 563 g/mol. The summed E-state index contributed by atoms with van der Waals surface area (Å²) in [5.41, 5.74) is 3.61. The van der Waals surface area contributed by atoms with E-state index in [4.69, 9.17) is 23.8 Å². The smallest absolute Gasteiger partial charge is 0.264 e. The molecule has 1 N–H and O–H groups in total. The maximum absolute atomic E-state index is 13.7. The molecule has 31 heavy (non-hydrogen) atoms. The van der Waals surface area contributed by atoms with Gasteiger partial charge < -0.3 is 10.2 Å². The summed E-state index contributed by atoms with van der Waals surface area (Å²) >= 11 is 14.8. The van der Waals surface area contributed by atoms with Crippen LogP contribution in [0.3, 0.4) is 0 Å². The zero-order chi connectivity index (χ0) is 22.3. The Labute approximate surface area is 208 Å². The number of thiocarbonyl (C=S) groups is 1. The molecule has 1 saturated heterocycles. The number of hydrogen-bond donors (Lipinski definition) is 1. The molecule has 2 amide bonds. The molecule has 1 unspecified atom stereocenters. The Bertz CT molecular complexity index is 1240. The van der Waals surface area contributed by atoms with E-state index in [9.17, 15) is 9.59 Å². The number of anilines is 1. The van der Waals surface area contributed by atoms with Crippen LogP contribution in [0.25, 0.3) is 5.57 Å². The first-order valence-electron chi connectivity index (χ1n) is 9.75. The van der Waals surface area contributed by atoms with Gasteiger partial charge >= 0.3 is 0 Å². The topological polar surface area (TPSA) is 49.4 Å². The molecule has 3 heterocycles. The molecule has 3 aliphatic rings. The van der Waals surface area contributed by atoms with E-state index in [1.165, 1.54) is 11.8 Å². The van der Waals surface area contributed by atoms with Crippen LogP contribution in [0.1, 0.15) is 43.9 Å². The summed E-state index contributed by atoms with van der Waals surface area (Å²) in [6.07, 6.45) is 0.736. The van der Waals surface area contributed by atoms with Crippen molar-refractivity contribution in [2.45, 2.75) is 38.1 Å². The zero-order valence-corrected chi connectivity index (χ0v) is 21.6. The van der Waals surface area contributed by atoms with Crippen LogP contribution in [0.2, 0.25) is 5.02 Å². The lowest BCUT2D eigenvalue weighted by atomic mass is 9.65. The van der Waals surface area contributed by atoms with E-state index in [1.54, 1.807) is 0 Å². The number of nitrogens with one attached hydrogen (secondary N) is 1. The van der Waals surface area contributed by atoms with Gasteiger partial charge in [-0.2, -0.15) is 0 Å². The van der Waals surface area contributed by atoms with Crippen molar-refractivity contribution in [3.8, 4) is 0 Å². The Morgan fingerprint density at radius 1 is 1.16 bits per heavy atom. The fraction of sp³-hybridized carbons (Fsp3) is 0.261. The first kappa shape index (κ1) is 21.4. The second kappa shape index (κ2) is 7.04. The minimum absolute atomic E-state index is 0.135. The van der Waals surface area contributed by atoms with Gasteiger partial charge in [0.1, 0.15) is 4.32 Å². The largest absolute Gasteiger partial charge is 0.307 e. The number of halogens is 2. The van der Waals surface area contributed by atoms with Crippen molar-refractivity contribution in [1.82, 2.24) is 5.32 Å². The van der Waals surface area contributed by atoms with Gasteiger partial charge in [0.25, 0.3) is 11.8 Å². The van der Waals surface area contributed by atoms with E-state index >= 15 is 0 Å². The van der Waals surface area contributed by atoms with Crippen LogP contribution in [0.15, 0.2) is 41.3 Å². The third kappa shape index (κ3) is 3.11. The summed E-state index contributed by atoms with van der Waals surface area (Å²) in [6, 6.07) is 12.1. The monoisotopic (exact) mass is 580 g/mol. The molecule has 2 aromatic rings. The highest BCUT2D eigenvalue weighted by molar-refractivity contribution is 14.1. The average Bonchev–Trinajstić information content (AvgIpc) is 3.15. The lowest BCUT2D eigenvalue weighted by Crippen LogP contribution is -2.54. The van der Waals surface area contributed by atoms with Gasteiger partial charge in [-0.1, -0.05) is 54.6 Å². The third-order valence-electron chi connectivity index (χ3n) is 6.30. The lowest BCUT2D eigenvalue weighted by molar-refractivity contribution is -0.116. The highest BCUT2D eigenvalue weighted by Crippen LogP contribution is 2.57. The molecule has 0 saturated carbocycles. The summed E-state index contributed by atoms with van der Waals surface area (Å²) in [7, 11) is 0. The quantitative estimate of drug-likeness (QED) is 0.270. The molecule has 0 radical (unpaired) electrons. The number of amides is 2. The number of nitrogens with zero attached hydrogens (tertiary/aromatic N) is 1. The Hall–Kier alpha value is -1.42.